The number of aliphatic hydroxyl groups excluding tert-OH is 2. The number of benzene rings is 1. The molecule has 4 atom stereocenters. The van der Waals surface area contributed by atoms with Gasteiger partial charge in [0, 0.05) is 6.92 Å². The second-order valence-corrected chi connectivity index (χ2v) is 5.03. The summed E-state index contributed by atoms with van der Waals surface area (Å²) in [6, 6.07) is 8.48. The number of ether oxygens (including phenoxy) is 3. The summed E-state index contributed by atoms with van der Waals surface area (Å²) in [6.07, 6.45) is -4.23. The van der Waals surface area contributed by atoms with E-state index in [1.807, 2.05) is 0 Å². The second kappa shape index (κ2) is 7.26. The van der Waals surface area contributed by atoms with E-state index >= 15 is 0 Å². The summed E-state index contributed by atoms with van der Waals surface area (Å²) in [5, 5.41) is 20.8. The fraction of sp³-hybridized carbons (Fsp3) is 0.375. The Bertz CT molecular complexity index is 596. The van der Waals surface area contributed by atoms with Crippen LogP contribution in [0, 0.1) is 0 Å². The van der Waals surface area contributed by atoms with Crippen molar-refractivity contribution in [2.45, 2.75) is 31.3 Å². The maximum Gasteiger partial charge on any atom is 0.335 e. The molecule has 0 spiro atoms. The van der Waals surface area contributed by atoms with E-state index in [2.05, 4.69) is 0 Å². The van der Waals surface area contributed by atoms with Gasteiger partial charge < -0.3 is 24.4 Å². The van der Waals surface area contributed by atoms with Gasteiger partial charge in [-0.3, -0.25) is 4.79 Å². The molecule has 0 aromatic heterocycles. The number of carbonyl (C=O) groups excluding carboxylic acids is 2. The number of methoxy groups -OCH3 is 1. The van der Waals surface area contributed by atoms with Crippen LogP contribution in [0.15, 0.2) is 42.2 Å². The number of rotatable bonds is 6. The highest BCUT2D eigenvalue weighted by atomic mass is 16.6. The Kier molecular flexibility index (Phi) is 5.36. The molecule has 23 heavy (non-hydrogen) atoms. The van der Waals surface area contributed by atoms with Crippen LogP contribution in [0.3, 0.4) is 0 Å². The van der Waals surface area contributed by atoms with Gasteiger partial charge in [0.15, 0.2) is 12.2 Å². The first-order valence-electron chi connectivity index (χ1n) is 6.98. The fourth-order valence-electron chi connectivity index (χ4n) is 2.34. The van der Waals surface area contributed by atoms with Crippen LogP contribution in [0.2, 0.25) is 0 Å². The molecule has 0 saturated carbocycles. The summed E-state index contributed by atoms with van der Waals surface area (Å²) in [6.45, 7) is 1.20. The van der Waals surface area contributed by atoms with Gasteiger partial charge in [-0.25, -0.2) is 4.79 Å². The lowest BCUT2D eigenvalue weighted by molar-refractivity contribution is -0.168. The number of aliphatic hydroxyl groups is 2. The fourth-order valence-corrected chi connectivity index (χ4v) is 2.34. The maximum atomic E-state index is 11.3. The third-order valence-electron chi connectivity index (χ3n) is 3.41. The van der Waals surface area contributed by atoms with Gasteiger partial charge in [-0.1, -0.05) is 30.3 Å². The van der Waals surface area contributed by atoms with Crippen LogP contribution in [-0.2, 0) is 23.8 Å². The zero-order valence-corrected chi connectivity index (χ0v) is 12.7. The molecular weight excluding hydrogens is 304 g/mol. The van der Waals surface area contributed by atoms with Gasteiger partial charge in [0.25, 0.3) is 0 Å². The number of esters is 2. The molecule has 1 aromatic rings. The van der Waals surface area contributed by atoms with E-state index in [0.29, 0.717) is 5.56 Å². The Balaban J connectivity index is 2.23. The van der Waals surface area contributed by atoms with Crippen molar-refractivity contribution in [2.75, 3.05) is 7.11 Å². The second-order valence-electron chi connectivity index (χ2n) is 5.03. The zero-order valence-electron chi connectivity index (χ0n) is 12.7. The lowest BCUT2D eigenvalue weighted by Crippen LogP contribution is -2.43. The average Bonchev–Trinajstić information content (AvgIpc) is 2.93. The topological polar surface area (TPSA) is 102 Å². The van der Waals surface area contributed by atoms with Crippen molar-refractivity contribution < 1.29 is 34.0 Å². The predicted octanol–water partition coefficient (Wildman–Crippen LogP) is 0.468. The Labute approximate surface area is 133 Å². The van der Waals surface area contributed by atoms with Gasteiger partial charge in [0.1, 0.15) is 18.0 Å². The number of hydrogen-bond acceptors (Lipinski definition) is 7. The third kappa shape index (κ3) is 3.88. The average molecular weight is 322 g/mol. The number of cyclic esters (lactones) is 1. The molecule has 7 heteroatoms. The Morgan fingerprint density at radius 2 is 1.91 bits per heavy atom. The molecule has 124 valence electrons. The Morgan fingerprint density at radius 1 is 1.26 bits per heavy atom. The van der Waals surface area contributed by atoms with Gasteiger partial charge in [-0.05, 0) is 5.56 Å². The van der Waals surface area contributed by atoms with Crippen LogP contribution in [-0.4, -0.2) is 47.6 Å². The standard InChI is InChI=1S/C16H18O7/c1-9(17)22-15(10-6-4-3-5-7-10)13(19)14(20)16-11(21-2)8-12(18)23-16/h3-8,13-16,19-20H,1-2H3. The zero-order chi connectivity index (χ0) is 17.0. The first-order chi connectivity index (χ1) is 10.9. The Morgan fingerprint density at radius 3 is 2.48 bits per heavy atom. The first kappa shape index (κ1) is 17.0. The first-order valence-corrected chi connectivity index (χ1v) is 6.98. The molecule has 0 bridgehead atoms. The van der Waals surface area contributed by atoms with Crippen LogP contribution in [0.5, 0.6) is 0 Å². The summed E-state index contributed by atoms with van der Waals surface area (Å²) in [4.78, 5) is 22.6. The molecule has 0 radical (unpaired) electrons. The van der Waals surface area contributed by atoms with E-state index in [1.165, 1.54) is 14.0 Å². The van der Waals surface area contributed by atoms with E-state index < -0.39 is 36.4 Å². The minimum absolute atomic E-state index is 0.0937. The highest BCUT2D eigenvalue weighted by molar-refractivity contribution is 5.85. The molecule has 1 aromatic carbocycles. The van der Waals surface area contributed by atoms with Crippen molar-refractivity contribution >= 4 is 11.9 Å². The van der Waals surface area contributed by atoms with Crippen LogP contribution in [0.4, 0.5) is 0 Å². The molecule has 1 aliphatic rings. The van der Waals surface area contributed by atoms with Gasteiger partial charge in [0.05, 0.1) is 13.2 Å². The molecule has 1 aliphatic heterocycles. The molecule has 0 aliphatic carbocycles. The van der Waals surface area contributed by atoms with Crippen LogP contribution in [0.1, 0.15) is 18.6 Å². The lowest BCUT2D eigenvalue weighted by atomic mass is 9.96. The molecule has 0 fully saturated rings. The van der Waals surface area contributed by atoms with E-state index in [4.69, 9.17) is 14.2 Å². The molecular formula is C16H18O7. The van der Waals surface area contributed by atoms with Gasteiger partial charge in [-0.2, -0.15) is 0 Å². The SMILES string of the molecule is COC1=CC(=O)OC1C(O)C(O)C(OC(C)=O)c1ccccc1. The van der Waals surface area contributed by atoms with E-state index in [9.17, 15) is 19.8 Å². The van der Waals surface area contributed by atoms with E-state index in [-0.39, 0.29) is 5.76 Å². The van der Waals surface area contributed by atoms with Crippen LogP contribution >= 0.6 is 0 Å². The highest BCUT2D eigenvalue weighted by Crippen LogP contribution is 2.29. The van der Waals surface area contributed by atoms with E-state index in [1.54, 1.807) is 30.3 Å². The van der Waals surface area contributed by atoms with Crippen LogP contribution < -0.4 is 0 Å². The summed E-state index contributed by atoms with van der Waals surface area (Å²) in [7, 11) is 1.32. The summed E-state index contributed by atoms with van der Waals surface area (Å²) >= 11 is 0. The summed E-state index contributed by atoms with van der Waals surface area (Å²) in [5.74, 6) is -1.20. The molecule has 0 amide bonds. The molecule has 1 heterocycles. The monoisotopic (exact) mass is 322 g/mol. The van der Waals surface area contributed by atoms with Gasteiger partial charge in [0.2, 0.25) is 0 Å². The van der Waals surface area contributed by atoms with Crippen molar-refractivity contribution in [3.05, 3.63) is 47.7 Å². The molecule has 0 saturated heterocycles. The smallest absolute Gasteiger partial charge is 0.335 e. The van der Waals surface area contributed by atoms with Crippen molar-refractivity contribution in [3.63, 3.8) is 0 Å². The lowest BCUT2D eigenvalue weighted by Gasteiger charge is -2.29. The van der Waals surface area contributed by atoms with Crippen molar-refractivity contribution in [2.24, 2.45) is 0 Å². The quantitative estimate of drug-likeness (QED) is 0.734. The van der Waals surface area contributed by atoms with E-state index in [0.717, 1.165) is 6.08 Å². The van der Waals surface area contributed by atoms with Crippen molar-refractivity contribution in [1.29, 1.82) is 0 Å². The minimum Gasteiger partial charge on any atom is -0.497 e. The van der Waals surface area contributed by atoms with Crippen molar-refractivity contribution in [1.82, 2.24) is 0 Å². The molecule has 2 rings (SSSR count). The van der Waals surface area contributed by atoms with Gasteiger partial charge in [-0.15, -0.1) is 0 Å². The summed E-state index contributed by atoms with van der Waals surface area (Å²) < 4.78 is 15.0. The van der Waals surface area contributed by atoms with Gasteiger partial charge >= 0.3 is 11.9 Å². The van der Waals surface area contributed by atoms with Crippen molar-refractivity contribution in [3.8, 4) is 0 Å². The van der Waals surface area contributed by atoms with Crippen LogP contribution in [0.25, 0.3) is 0 Å². The minimum atomic E-state index is -1.53. The normalized spacial score (nSPS) is 21.0. The molecule has 2 N–H and O–H groups in total. The highest BCUT2D eigenvalue weighted by Gasteiger charge is 2.42. The Hall–Kier alpha value is -2.38. The predicted molar refractivity (Wildman–Crippen MR) is 77.9 cm³/mol. The number of hydrogen-bond donors (Lipinski definition) is 2. The molecule has 4 unspecified atom stereocenters. The molecule has 7 nitrogen and oxygen atoms in total. The summed E-state index contributed by atoms with van der Waals surface area (Å²) in [5.41, 5.74) is 0.501. The number of carbonyl (C=O) groups is 2. The largest absolute Gasteiger partial charge is 0.497 e. The third-order valence-corrected chi connectivity index (χ3v) is 3.41. The maximum absolute atomic E-state index is 11.3.